The van der Waals surface area contributed by atoms with Crippen LogP contribution in [0, 0.1) is 5.92 Å². The summed E-state index contributed by atoms with van der Waals surface area (Å²) in [6.07, 6.45) is 0. The van der Waals surface area contributed by atoms with Crippen molar-refractivity contribution >= 4 is 0 Å². The van der Waals surface area contributed by atoms with Crippen LogP contribution in [0.4, 0.5) is 0 Å². The summed E-state index contributed by atoms with van der Waals surface area (Å²) in [6.45, 7) is 12.5. The van der Waals surface area contributed by atoms with E-state index >= 15 is 0 Å². The second-order valence-corrected chi connectivity index (χ2v) is 6.85. The number of hydrogen-bond donors (Lipinski definition) is 0. The van der Waals surface area contributed by atoms with Crippen molar-refractivity contribution in [3.8, 4) is 0 Å². The lowest BCUT2D eigenvalue weighted by Gasteiger charge is -2.29. The molecule has 0 bridgehead atoms. The number of benzene rings is 1. The molecule has 0 N–H and O–H groups in total. The normalized spacial score (nSPS) is 12.1. The Kier molecular flexibility index (Phi) is 6.62. The molecule has 0 aliphatic carbocycles. The minimum absolute atomic E-state index is 0.293. The first-order valence-corrected chi connectivity index (χ1v) is 6.97. The minimum Gasteiger partial charge on any atom is -0.331 e. The van der Waals surface area contributed by atoms with E-state index in [2.05, 4.69) is 86.1 Å². The molecule has 104 valence electrons. The molecular formula is C17H32N+. The van der Waals surface area contributed by atoms with Crippen LogP contribution in [0.5, 0.6) is 0 Å². The average molecular weight is 250 g/mol. The third-order valence-electron chi connectivity index (χ3n) is 3.91. The van der Waals surface area contributed by atoms with Gasteiger partial charge in [-0.2, -0.15) is 0 Å². The predicted octanol–water partition coefficient (Wildman–Crippen LogP) is 4.33. The van der Waals surface area contributed by atoms with Gasteiger partial charge in [0.1, 0.15) is 0 Å². The lowest BCUT2D eigenvalue weighted by molar-refractivity contribution is -0.868. The molecule has 0 saturated heterocycles. The van der Waals surface area contributed by atoms with E-state index in [4.69, 9.17) is 0 Å². The third-order valence-corrected chi connectivity index (χ3v) is 3.91. The van der Waals surface area contributed by atoms with Crippen molar-refractivity contribution < 1.29 is 4.48 Å². The highest BCUT2D eigenvalue weighted by molar-refractivity contribution is 5.23. The number of hydrogen-bond acceptors (Lipinski definition) is 0. The molecule has 0 unspecified atom stereocenters. The van der Waals surface area contributed by atoms with E-state index in [1.54, 1.807) is 0 Å². The second-order valence-electron chi connectivity index (χ2n) is 6.85. The van der Waals surface area contributed by atoms with Crippen LogP contribution in [0.1, 0.15) is 40.2 Å². The monoisotopic (exact) mass is 250 g/mol. The van der Waals surface area contributed by atoms with Gasteiger partial charge in [-0.3, -0.25) is 0 Å². The van der Waals surface area contributed by atoms with E-state index in [0.29, 0.717) is 11.3 Å². The van der Waals surface area contributed by atoms with Crippen molar-refractivity contribution in [3.05, 3.63) is 35.9 Å². The molecule has 0 aromatic heterocycles. The first-order chi connectivity index (χ1) is 8.11. The van der Waals surface area contributed by atoms with Crippen molar-refractivity contribution in [3.63, 3.8) is 0 Å². The van der Waals surface area contributed by atoms with Gasteiger partial charge in [-0.05, 0) is 23.8 Å². The van der Waals surface area contributed by atoms with E-state index in [0.717, 1.165) is 4.48 Å². The summed E-state index contributed by atoms with van der Waals surface area (Å²) in [7, 11) is 6.54. The average Bonchev–Trinajstić information content (AvgIpc) is 2.30. The molecule has 18 heavy (non-hydrogen) atoms. The SMILES string of the molecule is CC(C)C(C)(C)c1ccccc1.CC[N+](C)(C)C. The summed E-state index contributed by atoms with van der Waals surface area (Å²) in [5.41, 5.74) is 1.72. The van der Waals surface area contributed by atoms with Gasteiger partial charge in [0.2, 0.25) is 0 Å². The fourth-order valence-electron chi connectivity index (χ4n) is 1.20. The number of nitrogens with zero attached hydrogens (tertiary/aromatic N) is 1. The number of rotatable bonds is 3. The lowest BCUT2D eigenvalue weighted by atomic mass is 9.75. The zero-order chi connectivity index (χ0) is 14.4. The van der Waals surface area contributed by atoms with Crippen LogP contribution >= 0.6 is 0 Å². The van der Waals surface area contributed by atoms with Gasteiger partial charge >= 0.3 is 0 Å². The van der Waals surface area contributed by atoms with Gasteiger partial charge in [0, 0.05) is 0 Å². The molecular weight excluding hydrogens is 218 g/mol. The summed E-state index contributed by atoms with van der Waals surface area (Å²) < 4.78 is 1.07. The Labute approximate surface area is 114 Å². The smallest absolute Gasteiger partial charge is 0.0751 e. The largest absolute Gasteiger partial charge is 0.331 e. The second kappa shape index (κ2) is 6.94. The highest BCUT2D eigenvalue weighted by atomic mass is 15.3. The maximum atomic E-state index is 2.30. The van der Waals surface area contributed by atoms with E-state index in [9.17, 15) is 0 Å². The van der Waals surface area contributed by atoms with Crippen molar-refractivity contribution in [2.45, 2.75) is 40.0 Å². The maximum Gasteiger partial charge on any atom is 0.0751 e. The zero-order valence-electron chi connectivity index (χ0n) is 13.6. The van der Waals surface area contributed by atoms with E-state index in [1.165, 1.54) is 12.1 Å². The molecule has 0 aliphatic rings. The molecule has 1 heteroatoms. The Bertz CT molecular complexity index is 317. The van der Waals surface area contributed by atoms with Gasteiger partial charge in [0.15, 0.2) is 0 Å². The fraction of sp³-hybridized carbons (Fsp3) is 0.647. The molecule has 0 spiro atoms. The summed E-state index contributed by atoms with van der Waals surface area (Å²) in [4.78, 5) is 0. The molecule has 0 atom stereocenters. The Morgan fingerprint density at radius 1 is 1.00 bits per heavy atom. The van der Waals surface area contributed by atoms with E-state index in [-0.39, 0.29) is 0 Å². The Morgan fingerprint density at radius 3 is 1.67 bits per heavy atom. The van der Waals surface area contributed by atoms with Crippen LogP contribution < -0.4 is 0 Å². The highest BCUT2D eigenvalue weighted by Gasteiger charge is 2.23. The summed E-state index contributed by atoms with van der Waals surface area (Å²) in [5, 5.41) is 0. The van der Waals surface area contributed by atoms with Crippen molar-refractivity contribution in [1.82, 2.24) is 0 Å². The van der Waals surface area contributed by atoms with Gasteiger partial charge in [-0.15, -0.1) is 0 Å². The minimum atomic E-state index is 0.293. The Hall–Kier alpha value is -0.820. The lowest BCUT2D eigenvalue weighted by Crippen LogP contribution is -2.33. The summed E-state index contributed by atoms with van der Waals surface area (Å²) in [5.74, 6) is 0.680. The summed E-state index contributed by atoms with van der Waals surface area (Å²) >= 11 is 0. The highest BCUT2D eigenvalue weighted by Crippen LogP contribution is 2.30. The van der Waals surface area contributed by atoms with Crippen LogP contribution in [0.25, 0.3) is 0 Å². The van der Waals surface area contributed by atoms with Crippen LogP contribution in [0.2, 0.25) is 0 Å². The molecule has 1 rings (SSSR count). The van der Waals surface area contributed by atoms with Crippen molar-refractivity contribution in [1.29, 1.82) is 0 Å². The quantitative estimate of drug-likeness (QED) is 0.700. The number of quaternary nitrogens is 1. The van der Waals surface area contributed by atoms with Crippen LogP contribution in [0.15, 0.2) is 30.3 Å². The molecule has 0 aliphatic heterocycles. The first-order valence-electron chi connectivity index (χ1n) is 6.97. The molecule has 1 aromatic rings. The van der Waals surface area contributed by atoms with Gasteiger partial charge in [0.25, 0.3) is 0 Å². The van der Waals surface area contributed by atoms with Gasteiger partial charge < -0.3 is 4.48 Å². The Balaban J connectivity index is 0.000000411. The predicted molar refractivity (Wildman–Crippen MR) is 82.9 cm³/mol. The van der Waals surface area contributed by atoms with E-state index in [1.807, 2.05) is 0 Å². The van der Waals surface area contributed by atoms with Crippen molar-refractivity contribution in [2.75, 3.05) is 27.7 Å². The third kappa shape index (κ3) is 6.20. The molecule has 0 saturated carbocycles. The van der Waals surface area contributed by atoms with Gasteiger partial charge in [0.05, 0.1) is 27.7 Å². The first kappa shape index (κ1) is 17.2. The van der Waals surface area contributed by atoms with Gasteiger partial charge in [-0.1, -0.05) is 58.0 Å². The Morgan fingerprint density at radius 2 is 1.39 bits per heavy atom. The molecule has 0 fully saturated rings. The molecule has 0 heterocycles. The molecule has 1 nitrogen and oxygen atoms in total. The van der Waals surface area contributed by atoms with Crippen LogP contribution in [-0.4, -0.2) is 32.2 Å². The van der Waals surface area contributed by atoms with Crippen molar-refractivity contribution in [2.24, 2.45) is 5.92 Å². The van der Waals surface area contributed by atoms with Crippen LogP contribution in [-0.2, 0) is 5.41 Å². The van der Waals surface area contributed by atoms with Crippen LogP contribution in [0.3, 0.4) is 0 Å². The zero-order valence-corrected chi connectivity index (χ0v) is 13.6. The molecule has 0 radical (unpaired) electrons. The topological polar surface area (TPSA) is 0 Å². The molecule has 0 amide bonds. The standard InChI is InChI=1S/C12H18.C5H14N/c1-10(2)12(3,4)11-8-6-5-7-9-11;1-5-6(2,3)4/h5-10H,1-4H3;5H2,1-4H3/q;+1. The summed E-state index contributed by atoms with van der Waals surface area (Å²) in [6, 6.07) is 10.7. The van der Waals surface area contributed by atoms with E-state index < -0.39 is 0 Å². The maximum absolute atomic E-state index is 2.30. The molecule has 1 aromatic carbocycles. The van der Waals surface area contributed by atoms with Gasteiger partial charge in [-0.25, -0.2) is 0 Å². The fourth-order valence-corrected chi connectivity index (χ4v) is 1.20.